The van der Waals surface area contributed by atoms with Crippen LogP contribution in [0.1, 0.15) is 61.3 Å². The van der Waals surface area contributed by atoms with Crippen molar-refractivity contribution in [2.75, 3.05) is 0 Å². The molecule has 0 amide bonds. The molecule has 0 heterocycles. The van der Waals surface area contributed by atoms with Gasteiger partial charge in [0.1, 0.15) is 22.2 Å². The number of nitrogens with zero attached hydrogens (tertiary/aromatic N) is 1. The van der Waals surface area contributed by atoms with Crippen LogP contribution in [0.25, 0.3) is 4.85 Å². The molecule has 2 fully saturated rings. The zero-order valence-corrected chi connectivity index (χ0v) is 17.7. The Labute approximate surface area is 165 Å². The summed E-state index contributed by atoms with van der Waals surface area (Å²) in [7, 11) is 0. The van der Waals surface area contributed by atoms with Crippen LogP contribution in [0.5, 0.6) is 0 Å². The van der Waals surface area contributed by atoms with E-state index in [1.165, 1.54) is 6.92 Å². The lowest BCUT2D eigenvalue weighted by Crippen LogP contribution is -2.52. The van der Waals surface area contributed by atoms with E-state index in [1.807, 2.05) is 13.8 Å². The van der Waals surface area contributed by atoms with E-state index >= 15 is 0 Å². The number of ketones is 3. The molecular formula is C22H30NO5+. The number of aliphatic hydroxyl groups is 2. The fraction of sp³-hybridized carbons (Fsp3) is 0.727. The number of hydrogen-bond donors (Lipinski definition) is 2. The molecule has 0 bridgehead atoms. The molecule has 0 radical (unpaired) electrons. The molecule has 1 spiro atoms. The van der Waals surface area contributed by atoms with E-state index in [1.54, 1.807) is 27.7 Å². The van der Waals surface area contributed by atoms with Crippen molar-refractivity contribution in [2.24, 2.45) is 28.1 Å². The Morgan fingerprint density at radius 1 is 1.25 bits per heavy atom. The summed E-state index contributed by atoms with van der Waals surface area (Å²) in [6.45, 7) is 17.8. The predicted octanol–water partition coefficient (Wildman–Crippen LogP) is 3.09. The topological polar surface area (TPSA) is 96.0 Å². The highest BCUT2D eigenvalue weighted by molar-refractivity contribution is 6.31. The molecule has 3 aliphatic rings. The van der Waals surface area contributed by atoms with Crippen molar-refractivity contribution in [2.45, 2.75) is 72.4 Å². The Morgan fingerprint density at radius 3 is 2.21 bits per heavy atom. The second kappa shape index (κ2) is 5.33. The zero-order chi connectivity index (χ0) is 21.7. The molecule has 6 nitrogen and oxygen atoms in total. The molecule has 0 saturated heterocycles. The lowest BCUT2D eigenvalue weighted by atomic mass is 9.59. The van der Waals surface area contributed by atoms with Gasteiger partial charge in [0.25, 0.3) is 6.57 Å². The quantitative estimate of drug-likeness (QED) is 0.572. The maximum absolute atomic E-state index is 13.4. The molecule has 6 heteroatoms. The van der Waals surface area contributed by atoms with Crippen LogP contribution < -0.4 is 0 Å². The molecule has 28 heavy (non-hydrogen) atoms. The normalized spacial score (nSPS) is 39.4. The second-order valence-corrected chi connectivity index (χ2v) is 10.3. The summed E-state index contributed by atoms with van der Waals surface area (Å²) < 4.78 is 0. The second-order valence-electron chi connectivity index (χ2n) is 10.3. The number of carbonyl (C=O) groups excluding carboxylic acids is 3. The fourth-order valence-corrected chi connectivity index (χ4v) is 6.60. The number of carbonyl (C=O) groups is 3. The third-order valence-electron chi connectivity index (χ3n) is 8.15. The highest BCUT2D eigenvalue weighted by Gasteiger charge is 2.92. The summed E-state index contributed by atoms with van der Waals surface area (Å²) >= 11 is 0. The molecule has 2 N–H and O–H groups in total. The van der Waals surface area contributed by atoms with Crippen LogP contribution in [0, 0.1) is 34.7 Å². The largest absolute Gasteiger partial charge is 0.510 e. The highest BCUT2D eigenvalue weighted by Crippen LogP contribution is 2.79. The Kier molecular flexibility index (Phi) is 3.94. The first kappa shape index (κ1) is 20.7. The van der Waals surface area contributed by atoms with Gasteiger partial charge < -0.3 is 10.2 Å². The molecule has 0 aliphatic heterocycles. The van der Waals surface area contributed by atoms with Crippen molar-refractivity contribution in [3.8, 4) is 6.57 Å². The van der Waals surface area contributed by atoms with Gasteiger partial charge in [0.15, 0.2) is 17.3 Å². The van der Waals surface area contributed by atoms with Crippen LogP contribution in [0.15, 0.2) is 11.3 Å². The van der Waals surface area contributed by atoms with E-state index < -0.39 is 50.8 Å². The summed E-state index contributed by atoms with van der Waals surface area (Å²) in [6.07, 6.45) is 0.0252. The van der Waals surface area contributed by atoms with Gasteiger partial charge in [0.05, 0.1) is 17.4 Å². The summed E-state index contributed by atoms with van der Waals surface area (Å²) in [5, 5.41) is 22.3. The minimum Gasteiger partial charge on any atom is -0.510 e. The molecular weight excluding hydrogens is 358 g/mol. The molecule has 3 rings (SSSR count). The lowest BCUT2D eigenvalue weighted by Gasteiger charge is -2.38. The first-order valence-electron chi connectivity index (χ1n) is 9.78. The third-order valence-corrected chi connectivity index (χ3v) is 8.15. The van der Waals surface area contributed by atoms with Crippen LogP contribution >= 0.6 is 0 Å². The summed E-state index contributed by atoms with van der Waals surface area (Å²) in [5.41, 5.74) is -6.63. The van der Waals surface area contributed by atoms with E-state index in [0.717, 1.165) is 0 Å². The minimum absolute atomic E-state index is 0.113. The number of hydrogen-bond acceptors (Lipinski definition) is 5. The van der Waals surface area contributed by atoms with Crippen LogP contribution in [0.3, 0.4) is 0 Å². The highest BCUT2D eigenvalue weighted by atomic mass is 16.3. The van der Waals surface area contributed by atoms with Crippen molar-refractivity contribution >= 4 is 17.3 Å². The van der Waals surface area contributed by atoms with Crippen LogP contribution in [-0.2, 0) is 14.4 Å². The molecule has 3 aliphatic carbocycles. The Hall–Kier alpha value is -2.00. The van der Waals surface area contributed by atoms with Crippen molar-refractivity contribution in [3.05, 3.63) is 16.2 Å². The van der Waals surface area contributed by atoms with E-state index in [0.29, 0.717) is 0 Å². The van der Waals surface area contributed by atoms with Gasteiger partial charge in [-0.2, -0.15) is 0 Å². The van der Waals surface area contributed by atoms with E-state index in [2.05, 4.69) is 4.85 Å². The molecule has 0 aromatic rings. The maximum Gasteiger partial charge on any atom is 0.306 e. The molecule has 0 aromatic carbocycles. The molecule has 0 aromatic heterocycles. The zero-order valence-electron chi connectivity index (χ0n) is 17.7. The number of rotatable bonds is 3. The molecule has 0 unspecified atom stereocenters. The van der Waals surface area contributed by atoms with Gasteiger partial charge in [0, 0.05) is 11.8 Å². The average molecular weight is 388 g/mol. The van der Waals surface area contributed by atoms with Gasteiger partial charge in [-0.25, -0.2) is 0 Å². The van der Waals surface area contributed by atoms with E-state index in [4.69, 9.17) is 6.57 Å². The summed E-state index contributed by atoms with van der Waals surface area (Å²) in [6, 6.07) is 0. The first-order valence-corrected chi connectivity index (χ1v) is 9.78. The smallest absolute Gasteiger partial charge is 0.306 e. The molecule has 152 valence electrons. The average Bonchev–Trinajstić information content (AvgIpc) is 2.98. The minimum atomic E-state index is -1.63. The Morgan fingerprint density at radius 2 is 1.79 bits per heavy atom. The first-order chi connectivity index (χ1) is 12.6. The summed E-state index contributed by atoms with van der Waals surface area (Å²) in [5.74, 6) is -2.81. The predicted molar refractivity (Wildman–Crippen MR) is 104 cm³/mol. The standard InChI is InChI=1S/C22H29NO5/c1-11(2)15(25)14-16(26)20(7)13(24)10-22(23-8)18(3,4)12(19(5,6)28)9-21(20,22)17(14)27/h8,11-12,28H,9-10H2,1-7H3/p+1/t12-,20-,21+,22+/m0/s1. The van der Waals surface area contributed by atoms with Crippen LogP contribution in [0.2, 0.25) is 0 Å². The number of Topliss-reactive ketones (excluding diaryl/α,β-unsaturated/α-hetero) is 3. The maximum atomic E-state index is 13.4. The summed E-state index contributed by atoms with van der Waals surface area (Å²) in [4.78, 5) is 43.6. The van der Waals surface area contributed by atoms with Crippen LogP contribution in [-0.4, -0.2) is 38.7 Å². The Bertz CT molecular complexity index is 884. The monoisotopic (exact) mass is 388 g/mol. The number of allylic oxidation sites excluding steroid dienone is 1. The van der Waals surface area contributed by atoms with Crippen molar-refractivity contribution in [1.82, 2.24) is 0 Å². The fourth-order valence-electron chi connectivity index (χ4n) is 6.60. The molecule has 4 atom stereocenters. The van der Waals surface area contributed by atoms with E-state index in [-0.39, 0.29) is 30.0 Å². The Balaban J connectivity index is 2.44. The SMILES string of the molecule is C#[N+][C@@]12CC(=O)[C@@]3(C)C(=O)C(C(=O)C(C)C)=C(O)[C@]31C[C@H](C(C)(C)O)C2(C)C. The van der Waals surface area contributed by atoms with Gasteiger partial charge in [-0.05, 0) is 27.2 Å². The van der Waals surface area contributed by atoms with Crippen molar-refractivity contribution < 1.29 is 24.6 Å². The van der Waals surface area contributed by atoms with E-state index in [9.17, 15) is 24.6 Å². The van der Waals surface area contributed by atoms with Gasteiger partial charge in [0.2, 0.25) is 0 Å². The van der Waals surface area contributed by atoms with Crippen LogP contribution in [0.4, 0.5) is 0 Å². The third kappa shape index (κ3) is 1.80. The van der Waals surface area contributed by atoms with Gasteiger partial charge >= 0.3 is 5.54 Å². The molecule has 2 saturated carbocycles. The van der Waals surface area contributed by atoms with Gasteiger partial charge in [-0.15, -0.1) is 0 Å². The van der Waals surface area contributed by atoms with Crippen molar-refractivity contribution in [1.29, 1.82) is 0 Å². The lowest BCUT2D eigenvalue weighted by molar-refractivity contribution is -0.140. The van der Waals surface area contributed by atoms with Gasteiger partial charge in [-0.1, -0.05) is 32.5 Å². The number of aliphatic hydroxyl groups excluding tert-OH is 1. The van der Waals surface area contributed by atoms with Gasteiger partial charge in [-0.3, -0.25) is 14.4 Å². The van der Waals surface area contributed by atoms with Crippen molar-refractivity contribution in [3.63, 3.8) is 0 Å².